The minimum absolute atomic E-state index is 0.0269. The van der Waals surface area contributed by atoms with Gasteiger partial charge in [0.1, 0.15) is 5.54 Å². The highest BCUT2D eigenvalue weighted by Crippen LogP contribution is 2.35. The van der Waals surface area contributed by atoms with Gasteiger partial charge in [0.25, 0.3) is 5.89 Å². The van der Waals surface area contributed by atoms with Gasteiger partial charge in [-0.1, -0.05) is 5.16 Å². The Morgan fingerprint density at radius 3 is 2.71 bits per heavy atom. The SMILES string of the molecule is NCC[C@H](ONC(=O)NC1(C(=O)O)CC1)c1nc([C@@H](N)CO)no1. The molecule has 12 nitrogen and oxygen atoms in total. The van der Waals surface area contributed by atoms with Crippen LogP contribution in [-0.2, 0) is 9.63 Å². The lowest BCUT2D eigenvalue weighted by Gasteiger charge is -2.16. The summed E-state index contributed by atoms with van der Waals surface area (Å²) >= 11 is 0. The smallest absolute Gasteiger partial charge is 0.339 e. The first-order valence-corrected chi connectivity index (χ1v) is 7.29. The number of urea groups is 1. The number of carboxylic acid groups (broad SMARTS) is 1. The van der Waals surface area contributed by atoms with Crippen molar-refractivity contribution in [2.75, 3.05) is 13.2 Å². The van der Waals surface area contributed by atoms with Gasteiger partial charge in [0.2, 0.25) is 0 Å². The zero-order valence-electron chi connectivity index (χ0n) is 12.8. The molecular formula is C12H20N6O6. The maximum atomic E-state index is 11.7. The molecule has 2 rings (SSSR count). The van der Waals surface area contributed by atoms with Crippen molar-refractivity contribution in [3.8, 4) is 0 Å². The second-order valence-corrected chi connectivity index (χ2v) is 5.41. The van der Waals surface area contributed by atoms with E-state index < -0.39 is 29.7 Å². The Kier molecular flexibility index (Phi) is 5.66. The maximum Gasteiger partial charge on any atom is 0.339 e. The van der Waals surface area contributed by atoms with Crippen LogP contribution >= 0.6 is 0 Å². The van der Waals surface area contributed by atoms with Gasteiger partial charge < -0.3 is 31.5 Å². The molecule has 1 fully saturated rings. The number of aliphatic hydroxyl groups excluding tert-OH is 1. The summed E-state index contributed by atoms with van der Waals surface area (Å²) in [6.07, 6.45) is 0.121. The summed E-state index contributed by atoms with van der Waals surface area (Å²) in [4.78, 5) is 31.9. The van der Waals surface area contributed by atoms with Crippen molar-refractivity contribution in [2.24, 2.45) is 11.5 Å². The van der Waals surface area contributed by atoms with Crippen LogP contribution in [0.25, 0.3) is 0 Å². The summed E-state index contributed by atoms with van der Waals surface area (Å²) in [6, 6.07) is -1.61. The molecule has 2 atom stereocenters. The molecule has 0 aliphatic heterocycles. The number of carbonyl (C=O) groups excluding carboxylic acids is 1. The third-order valence-corrected chi connectivity index (χ3v) is 3.50. The molecule has 1 aromatic rings. The number of amides is 2. The van der Waals surface area contributed by atoms with Gasteiger partial charge in [0, 0.05) is 0 Å². The van der Waals surface area contributed by atoms with Crippen molar-refractivity contribution in [3.05, 3.63) is 11.7 Å². The minimum Gasteiger partial charge on any atom is -0.480 e. The number of aromatic nitrogens is 2. The summed E-state index contributed by atoms with van der Waals surface area (Å²) in [6.45, 7) is -0.157. The highest BCUT2D eigenvalue weighted by molar-refractivity contribution is 5.88. The Labute approximate surface area is 136 Å². The number of nitrogens with two attached hydrogens (primary N) is 2. The number of nitrogens with one attached hydrogen (secondary N) is 2. The van der Waals surface area contributed by atoms with Crippen molar-refractivity contribution in [3.63, 3.8) is 0 Å². The number of carbonyl (C=O) groups is 2. The lowest BCUT2D eigenvalue weighted by molar-refractivity contribution is -0.140. The standard InChI is InChI=1S/C12H20N6O6/c13-4-1-7(9-15-8(17-24-9)6(14)5-19)23-18-11(22)16-12(2-3-12)10(20)21/h6-7,19H,1-5,13-14H2,(H,20,21)(H2,16,18,22)/t6-,7-/m0/s1. The summed E-state index contributed by atoms with van der Waals surface area (Å²) in [5.74, 6) is -0.986. The molecule has 134 valence electrons. The van der Waals surface area contributed by atoms with E-state index in [4.69, 9.17) is 31.0 Å². The molecule has 0 bridgehead atoms. The van der Waals surface area contributed by atoms with Crippen LogP contribution in [0.2, 0.25) is 0 Å². The first-order chi connectivity index (χ1) is 11.4. The first kappa shape index (κ1) is 18.1. The van der Waals surface area contributed by atoms with Gasteiger partial charge in [0.15, 0.2) is 11.9 Å². The van der Waals surface area contributed by atoms with Crippen molar-refractivity contribution in [2.45, 2.75) is 36.9 Å². The Hall–Kier alpha value is -2.28. The lowest BCUT2D eigenvalue weighted by atomic mass is 10.2. The third kappa shape index (κ3) is 4.17. The van der Waals surface area contributed by atoms with Crippen LogP contribution in [0.1, 0.15) is 43.1 Å². The zero-order valence-corrected chi connectivity index (χ0v) is 12.8. The number of carboxylic acids is 1. The van der Waals surface area contributed by atoms with Gasteiger partial charge in [0.05, 0.1) is 12.6 Å². The van der Waals surface area contributed by atoms with E-state index >= 15 is 0 Å². The second kappa shape index (κ2) is 7.53. The highest BCUT2D eigenvalue weighted by atomic mass is 16.7. The van der Waals surface area contributed by atoms with Crippen molar-refractivity contribution < 1.29 is 29.2 Å². The maximum absolute atomic E-state index is 11.7. The second-order valence-electron chi connectivity index (χ2n) is 5.41. The van der Waals surface area contributed by atoms with E-state index in [1.807, 2.05) is 0 Å². The Bertz CT molecular complexity index is 588. The quantitative estimate of drug-likeness (QED) is 0.280. The molecule has 8 N–H and O–H groups in total. The van der Waals surface area contributed by atoms with Crippen molar-refractivity contribution in [1.82, 2.24) is 20.9 Å². The average Bonchev–Trinajstić information content (AvgIpc) is 3.17. The number of aliphatic carboxylic acids is 1. The molecular weight excluding hydrogens is 324 g/mol. The molecule has 0 spiro atoms. The first-order valence-electron chi connectivity index (χ1n) is 7.29. The van der Waals surface area contributed by atoms with E-state index in [-0.39, 0.29) is 31.3 Å². The summed E-state index contributed by atoms with van der Waals surface area (Å²) < 4.78 is 4.99. The van der Waals surface area contributed by atoms with Crippen LogP contribution in [0.4, 0.5) is 4.79 Å². The molecule has 1 aromatic heterocycles. The molecule has 12 heteroatoms. The third-order valence-electron chi connectivity index (χ3n) is 3.50. The van der Waals surface area contributed by atoms with Gasteiger partial charge in [-0.2, -0.15) is 4.98 Å². The summed E-state index contributed by atoms with van der Waals surface area (Å²) in [7, 11) is 0. The number of hydroxylamine groups is 1. The van der Waals surface area contributed by atoms with Crippen LogP contribution in [0, 0.1) is 0 Å². The number of aliphatic hydroxyl groups is 1. The Morgan fingerprint density at radius 2 is 2.17 bits per heavy atom. The van der Waals surface area contributed by atoms with Crippen LogP contribution in [-0.4, -0.2) is 51.0 Å². The summed E-state index contributed by atoms with van der Waals surface area (Å²) in [5, 5.41) is 23.9. The lowest BCUT2D eigenvalue weighted by Crippen LogP contribution is -2.48. The van der Waals surface area contributed by atoms with Crippen LogP contribution in [0.3, 0.4) is 0 Å². The van der Waals surface area contributed by atoms with Gasteiger partial charge >= 0.3 is 12.0 Å². The molecule has 1 aliphatic rings. The van der Waals surface area contributed by atoms with E-state index in [1.54, 1.807) is 0 Å². The normalized spacial score (nSPS) is 17.8. The predicted octanol–water partition coefficient (Wildman–Crippen LogP) is -1.70. The fraction of sp³-hybridized carbons (Fsp3) is 0.667. The molecule has 2 amide bonds. The Balaban J connectivity index is 1.92. The van der Waals surface area contributed by atoms with Crippen LogP contribution in [0.5, 0.6) is 0 Å². The van der Waals surface area contributed by atoms with Crippen LogP contribution < -0.4 is 22.3 Å². The van der Waals surface area contributed by atoms with E-state index in [1.165, 1.54) is 0 Å². The molecule has 1 aliphatic carbocycles. The molecule has 1 heterocycles. The van der Waals surface area contributed by atoms with Gasteiger partial charge in [-0.3, -0.25) is 4.84 Å². The molecule has 0 saturated heterocycles. The predicted molar refractivity (Wildman–Crippen MR) is 77.1 cm³/mol. The van der Waals surface area contributed by atoms with Crippen molar-refractivity contribution >= 4 is 12.0 Å². The van der Waals surface area contributed by atoms with E-state index in [9.17, 15) is 9.59 Å². The molecule has 0 aromatic carbocycles. The topological polar surface area (TPSA) is 199 Å². The monoisotopic (exact) mass is 344 g/mol. The fourth-order valence-electron chi connectivity index (χ4n) is 1.88. The Morgan fingerprint density at radius 1 is 1.46 bits per heavy atom. The summed E-state index contributed by atoms with van der Waals surface area (Å²) in [5.41, 5.74) is 11.9. The molecule has 1 saturated carbocycles. The molecule has 0 unspecified atom stereocenters. The number of hydrogen-bond acceptors (Lipinski definition) is 9. The molecule has 0 radical (unpaired) electrons. The number of hydrogen-bond donors (Lipinski definition) is 6. The zero-order chi connectivity index (χ0) is 17.7. The molecule has 24 heavy (non-hydrogen) atoms. The van der Waals surface area contributed by atoms with E-state index in [2.05, 4.69) is 20.9 Å². The van der Waals surface area contributed by atoms with Gasteiger partial charge in [-0.15, -0.1) is 0 Å². The number of nitrogens with zero attached hydrogens (tertiary/aromatic N) is 2. The van der Waals surface area contributed by atoms with Gasteiger partial charge in [-0.25, -0.2) is 15.1 Å². The van der Waals surface area contributed by atoms with E-state index in [0.717, 1.165) is 0 Å². The van der Waals surface area contributed by atoms with Crippen LogP contribution in [0.15, 0.2) is 4.52 Å². The average molecular weight is 344 g/mol. The highest BCUT2D eigenvalue weighted by Gasteiger charge is 2.51. The van der Waals surface area contributed by atoms with Gasteiger partial charge in [-0.05, 0) is 25.8 Å². The minimum atomic E-state index is -1.23. The van der Waals surface area contributed by atoms with Crippen molar-refractivity contribution in [1.29, 1.82) is 0 Å². The van der Waals surface area contributed by atoms with E-state index in [0.29, 0.717) is 12.8 Å². The fourth-order valence-corrected chi connectivity index (χ4v) is 1.88. The number of rotatable bonds is 9. The largest absolute Gasteiger partial charge is 0.480 e.